The second kappa shape index (κ2) is 4.29. The topological polar surface area (TPSA) is 96.0 Å². The van der Waals surface area contributed by atoms with E-state index < -0.39 is 10.2 Å². The summed E-state index contributed by atoms with van der Waals surface area (Å²) >= 11 is 0. The van der Waals surface area contributed by atoms with E-state index in [1.807, 2.05) is 13.0 Å². The normalized spacial score (nSPS) is 10.7. The molecule has 0 aliphatic rings. The third-order valence-corrected chi connectivity index (χ3v) is 2.40. The number of aryl methyl sites for hydroxylation is 1. The van der Waals surface area contributed by atoms with Gasteiger partial charge in [-0.05, 0) is 18.1 Å². The molecule has 0 saturated carbocycles. The Morgan fingerprint density at radius 1 is 1.53 bits per heavy atom. The molecule has 1 aromatic carbocycles. The molecule has 1 aromatic rings. The molecule has 0 aliphatic carbocycles. The summed E-state index contributed by atoms with van der Waals surface area (Å²) in [6.07, 6.45) is 0.656. The molecule has 0 bridgehead atoms. The summed E-state index contributed by atoms with van der Waals surface area (Å²) in [6, 6.07) is 6.90. The van der Waals surface area contributed by atoms with Gasteiger partial charge in [-0.25, -0.2) is 5.14 Å². The molecule has 5 nitrogen and oxygen atoms in total. The van der Waals surface area contributed by atoms with Crippen LogP contribution in [0.25, 0.3) is 0 Å². The van der Waals surface area contributed by atoms with Crippen molar-refractivity contribution in [1.82, 2.24) is 0 Å². The Morgan fingerprint density at radius 3 is 2.67 bits per heavy atom. The molecule has 0 amide bonds. The van der Waals surface area contributed by atoms with Gasteiger partial charge < -0.3 is 0 Å². The maximum absolute atomic E-state index is 10.8. The highest BCUT2D eigenvalue weighted by Gasteiger charge is 2.10. The van der Waals surface area contributed by atoms with E-state index in [2.05, 4.69) is 4.72 Å². The van der Waals surface area contributed by atoms with E-state index in [0.717, 1.165) is 5.56 Å². The fourth-order valence-corrected chi connectivity index (χ4v) is 1.74. The van der Waals surface area contributed by atoms with Gasteiger partial charge in [0.1, 0.15) is 6.07 Å². The predicted octanol–water partition coefficient (Wildman–Crippen LogP) is 0.736. The number of nitriles is 1. The van der Waals surface area contributed by atoms with Crippen LogP contribution in [0.4, 0.5) is 5.69 Å². The average molecular weight is 225 g/mol. The molecular formula is C9H11N3O2S. The smallest absolute Gasteiger partial charge is 0.270 e. The molecule has 15 heavy (non-hydrogen) atoms. The van der Waals surface area contributed by atoms with Gasteiger partial charge >= 0.3 is 0 Å². The van der Waals surface area contributed by atoms with Crippen LogP contribution in [0.15, 0.2) is 18.2 Å². The first-order valence-electron chi connectivity index (χ1n) is 4.30. The molecule has 0 spiro atoms. The van der Waals surface area contributed by atoms with E-state index in [0.29, 0.717) is 12.0 Å². The molecule has 0 radical (unpaired) electrons. The van der Waals surface area contributed by atoms with Crippen LogP contribution in [-0.4, -0.2) is 8.42 Å². The van der Waals surface area contributed by atoms with Crippen LogP contribution in [0.5, 0.6) is 0 Å². The summed E-state index contributed by atoms with van der Waals surface area (Å²) in [6.45, 7) is 1.89. The SMILES string of the molecule is CCc1cccc(NS(N)(=O)=O)c1C#N. The number of nitrogens with zero attached hydrogens (tertiary/aromatic N) is 1. The second-order valence-electron chi connectivity index (χ2n) is 2.95. The van der Waals surface area contributed by atoms with Gasteiger partial charge in [0.2, 0.25) is 0 Å². The Bertz CT molecular complexity index is 503. The van der Waals surface area contributed by atoms with Crippen molar-refractivity contribution >= 4 is 15.9 Å². The van der Waals surface area contributed by atoms with E-state index in [1.165, 1.54) is 6.07 Å². The van der Waals surface area contributed by atoms with Crippen LogP contribution in [0.1, 0.15) is 18.1 Å². The molecule has 0 heterocycles. The van der Waals surface area contributed by atoms with Crippen LogP contribution >= 0.6 is 0 Å². The fraction of sp³-hybridized carbons (Fsp3) is 0.222. The number of nitrogens with two attached hydrogens (primary N) is 1. The first-order valence-corrected chi connectivity index (χ1v) is 5.85. The molecule has 0 aromatic heterocycles. The minimum Gasteiger partial charge on any atom is -0.270 e. The predicted molar refractivity (Wildman–Crippen MR) is 57.3 cm³/mol. The van der Waals surface area contributed by atoms with Crippen LogP contribution < -0.4 is 9.86 Å². The van der Waals surface area contributed by atoms with Crippen LogP contribution in [0.3, 0.4) is 0 Å². The van der Waals surface area contributed by atoms with Crippen molar-refractivity contribution < 1.29 is 8.42 Å². The highest BCUT2D eigenvalue weighted by Crippen LogP contribution is 2.19. The third-order valence-electron chi connectivity index (χ3n) is 1.90. The third kappa shape index (κ3) is 2.94. The molecule has 80 valence electrons. The highest BCUT2D eigenvalue weighted by molar-refractivity contribution is 7.90. The van der Waals surface area contributed by atoms with E-state index in [9.17, 15) is 8.42 Å². The Labute approximate surface area is 88.7 Å². The van der Waals surface area contributed by atoms with Crippen molar-refractivity contribution in [3.63, 3.8) is 0 Å². The van der Waals surface area contributed by atoms with Gasteiger partial charge in [0.15, 0.2) is 0 Å². The van der Waals surface area contributed by atoms with Gasteiger partial charge in [-0.3, -0.25) is 4.72 Å². The Morgan fingerprint density at radius 2 is 2.20 bits per heavy atom. The number of rotatable bonds is 3. The van der Waals surface area contributed by atoms with Gasteiger partial charge in [-0.2, -0.15) is 13.7 Å². The Hall–Kier alpha value is -1.58. The molecule has 6 heteroatoms. The molecule has 1 rings (SSSR count). The summed E-state index contributed by atoms with van der Waals surface area (Å²) in [5, 5.41) is 13.7. The van der Waals surface area contributed by atoms with Crippen molar-refractivity contribution in [2.24, 2.45) is 5.14 Å². The minimum atomic E-state index is -3.84. The van der Waals surface area contributed by atoms with Gasteiger partial charge in [-0.15, -0.1) is 0 Å². The summed E-state index contributed by atoms with van der Waals surface area (Å²) in [7, 11) is -3.84. The Kier molecular flexibility index (Phi) is 3.29. The van der Waals surface area contributed by atoms with Crippen LogP contribution in [0.2, 0.25) is 0 Å². The minimum absolute atomic E-state index is 0.222. The van der Waals surface area contributed by atoms with Crippen molar-refractivity contribution in [3.05, 3.63) is 29.3 Å². The van der Waals surface area contributed by atoms with Crippen molar-refractivity contribution in [3.8, 4) is 6.07 Å². The standard InChI is InChI=1S/C9H11N3O2S/c1-2-7-4-3-5-9(8(7)6-10)12-15(11,13)14/h3-5,12H,2H2,1H3,(H2,11,13,14). The largest absolute Gasteiger partial charge is 0.296 e. The number of hydrogen-bond acceptors (Lipinski definition) is 3. The first kappa shape index (κ1) is 11.5. The number of anilines is 1. The van der Waals surface area contributed by atoms with Gasteiger partial charge in [0.25, 0.3) is 10.2 Å². The van der Waals surface area contributed by atoms with Gasteiger partial charge in [0.05, 0.1) is 11.3 Å². The average Bonchev–Trinajstić information content (AvgIpc) is 2.15. The first-order chi connectivity index (χ1) is 6.98. The van der Waals surface area contributed by atoms with Crippen molar-refractivity contribution in [1.29, 1.82) is 5.26 Å². The molecule has 0 saturated heterocycles. The molecule has 0 unspecified atom stereocenters. The summed E-state index contributed by atoms with van der Waals surface area (Å²) < 4.78 is 23.8. The molecule has 0 aliphatic heterocycles. The zero-order valence-corrected chi connectivity index (χ0v) is 9.00. The molecule has 0 atom stereocenters. The zero-order valence-electron chi connectivity index (χ0n) is 8.19. The summed E-state index contributed by atoms with van der Waals surface area (Å²) in [4.78, 5) is 0. The van der Waals surface area contributed by atoms with Crippen LogP contribution in [0, 0.1) is 11.3 Å². The summed E-state index contributed by atoms with van der Waals surface area (Å²) in [5.41, 5.74) is 1.32. The lowest BCUT2D eigenvalue weighted by Crippen LogP contribution is -2.22. The van der Waals surface area contributed by atoms with E-state index in [4.69, 9.17) is 10.4 Å². The Balaban J connectivity index is 3.26. The maximum atomic E-state index is 10.8. The van der Waals surface area contributed by atoms with Gasteiger partial charge in [-0.1, -0.05) is 19.1 Å². The second-order valence-corrected chi connectivity index (χ2v) is 4.25. The lowest BCUT2D eigenvalue weighted by atomic mass is 10.0. The van der Waals surface area contributed by atoms with E-state index >= 15 is 0 Å². The molecule has 0 fully saturated rings. The van der Waals surface area contributed by atoms with Crippen LogP contribution in [-0.2, 0) is 16.6 Å². The number of hydrogen-bond donors (Lipinski definition) is 2. The molecule has 3 N–H and O–H groups in total. The zero-order chi connectivity index (χ0) is 11.5. The van der Waals surface area contributed by atoms with Gasteiger partial charge in [0, 0.05) is 0 Å². The number of benzene rings is 1. The maximum Gasteiger partial charge on any atom is 0.296 e. The lowest BCUT2D eigenvalue weighted by Gasteiger charge is -2.08. The highest BCUT2D eigenvalue weighted by atomic mass is 32.2. The van der Waals surface area contributed by atoms with E-state index in [1.54, 1.807) is 12.1 Å². The van der Waals surface area contributed by atoms with Crippen molar-refractivity contribution in [2.75, 3.05) is 4.72 Å². The van der Waals surface area contributed by atoms with E-state index in [-0.39, 0.29) is 5.69 Å². The monoisotopic (exact) mass is 225 g/mol. The fourth-order valence-electron chi connectivity index (χ4n) is 1.27. The summed E-state index contributed by atoms with van der Waals surface area (Å²) in [5.74, 6) is 0. The quantitative estimate of drug-likeness (QED) is 0.793. The number of nitrogens with one attached hydrogen (secondary N) is 1. The van der Waals surface area contributed by atoms with Crippen molar-refractivity contribution in [2.45, 2.75) is 13.3 Å². The lowest BCUT2D eigenvalue weighted by molar-refractivity contribution is 0.603. The molecular weight excluding hydrogens is 214 g/mol.